The van der Waals surface area contributed by atoms with E-state index in [1.54, 1.807) is 11.8 Å². The Morgan fingerprint density at radius 3 is 2.55 bits per heavy atom. The smallest absolute Gasteiger partial charge is 0.156 e. The van der Waals surface area contributed by atoms with Gasteiger partial charge in [0, 0.05) is 24.6 Å². The number of nitrogens with zero attached hydrogens (tertiary/aromatic N) is 2. The summed E-state index contributed by atoms with van der Waals surface area (Å²) in [4.78, 5) is 2.33. The van der Waals surface area contributed by atoms with E-state index >= 15 is 0 Å². The van der Waals surface area contributed by atoms with Gasteiger partial charge in [0.05, 0.1) is 6.07 Å². The first kappa shape index (κ1) is 15.5. The van der Waals surface area contributed by atoms with Crippen molar-refractivity contribution in [1.29, 1.82) is 5.26 Å². The van der Waals surface area contributed by atoms with E-state index in [1.807, 2.05) is 36.2 Å². The summed E-state index contributed by atoms with van der Waals surface area (Å²) in [5.74, 6) is 2.20. The minimum atomic E-state index is -0.620. The van der Waals surface area contributed by atoms with Gasteiger partial charge in [-0.25, -0.2) is 0 Å². The average molecular weight is 304 g/mol. The molecule has 0 amide bonds. The van der Waals surface area contributed by atoms with Crippen molar-refractivity contribution >= 4 is 23.5 Å². The molecule has 20 heavy (non-hydrogen) atoms. The molecular formula is C16H20N2S2. The van der Waals surface area contributed by atoms with Gasteiger partial charge in [0.2, 0.25) is 0 Å². The highest BCUT2D eigenvalue weighted by Crippen LogP contribution is 2.37. The molecule has 1 fully saturated rings. The molecule has 4 heteroatoms. The summed E-state index contributed by atoms with van der Waals surface area (Å²) >= 11 is 3.64. The second kappa shape index (κ2) is 7.21. The van der Waals surface area contributed by atoms with Crippen LogP contribution in [0.4, 0.5) is 0 Å². The van der Waals surface area contributed by atoms with Gasteiger partial charge in [-0.05, 0) is 29.7 Å². The maximum atomic E-state index is 10.0. The fourth-order valence-corrected chi connectivity index (χ4v) is 4.15. The number of thioether (sulfide) groups is 2. The van der Waals surface area contributed by atoms with Crippen LogP contribution in [-0.2, 0) is 5.54 Å². The Hall–Kier alpha value is -0.890. The van der Waals surface area contributed by atoms with E-state index in [2.05, 4.69) is 35.4 Å². The highest BCUT2D eigenvalue weighted by molar-refractivity contribution is 8.01. The van der Waals surface area contributed by atoms with Crippen LogP contribution in [0.3, 0.4) is 0 Å². The molecule has 1 heterocycles. The maximum absolute atomic E-state index is 10.0. The highest BCUT2D eigenvalue weighted by atomic mass is 32.2. The molecule has 0 aromatic heterocycles. The number of benzene rings is 1. The van der Waals surface area contributed by atoms with Gasteiger partial charge in [0.15, 0.2) is 5.54 Å². The van der Waals surface area contributed by atoms with Crippen LogP contribution < -0.4 is 0 Å². The third-order valence-corrected chi connectivity index (χ3v) is 5.24. The summed E-state index contributed by atoms with van der Waals surface area (Å²) in [6, 6.07) is 12.8. The van der Waals surface area contributed by atoms with Gasteiger partial charge in [0.25, 0.3) is 0 Å². The van der Waals surface area contributed by atoms with Crippen LogP contribution in [0, 0.1) is 11.3 Å². The Labute approximate surface area is 130 Å². The first-order chi connectivity index (χ1) is 9.75. The normalized spacial score (nSPS) is 20.1. The zero-order chi connectivity index (χ0) is 14.4. The Morgan fingerprint density at radius 2 is 2.00 bits per heavy atom. The second-order valence-corrected chi connectivity index (χ2v) is 6.76. The van der Waals surface area contributed by atoms with Crippen molar-refractivity contribution in [2.45, 2.75) is 12.5 Å². The van der Waals surface area contributed by atoms with Crippen LogP contribution in [0.2, 0.25) is 0 Å². The first-order valence-corrected chi connectivity index (χ1v) is 9.19. The van der Waals surface area contributed by atoms with Crippen LogP contribution in [0.25, 0.3) is 0 Å². The minimum absolute atomic E-state index is 0.620. The van der Waals surface area contributed by atoms with Crippen molar-refractivity contribution in [1.82, 2.24) is 4.90 Å². The molecule has 0 unspecified atom stereocenters. The third kappa shape index (κ3) is 2.90. The van der Waals surface area contributed by atoms with Gasteiger partial charge < -0.3 is 0 Å². The van der Waals surface area contributed by atoms with Crippen molar-refractivity contribution in [3.8, 4) is 6.07 Å². The van der Waals surface area contributed by atoms with E-state index in [4.69, 9.17) is 0 Å². The van der Waals surface area contributed by atoms with Gasteiger partial charge in [-0.2, -0.15) is 17.0 Å². The molecule has 1 aliphatic rings. The fraction of sp³-hybridized carbons (Fsp3) is 0.438. The number of rotatable bonds is 4. The summed E-state index contributed by atoms with van der Waals surface area (Å²) in [6.45, 7) is 4.01. The molecule has 1 aromatic rings. The fourth-order valence-electron chi connectivity index (χ4n) is 2.72. The Kier molecular flexibility index (Phi) is 5.59. The number of hydrogen-bond acceptors (Lipinski definition) is 4. The van der Waals surface area contributed by atoms with Gasteiger partial charge >= 0.3 is 0 Å². The Balaban J connectivity index is 2.52. The van der Waals surface area contributed by atoms with Crippen molar-refractivity contribution in [3.63, 3.8) is 0 Å². The Morgan fingerprint density at radius 1 is 1.35 bits per heavy atom. The minimum Gasteiger partial charge on any atom is -0.277 e. The quantitative estimate of drug-likeness (QED) is 0.847. The molecule has 0 saturated carbocycles. The van der Waals surface area contributed by atoms with Crippen molar-refractivity contribution < 1.29 is 0 Å². The monoisotopic (exact) mass is 304 g/mol. The summed E-state index contributed by atoms with van der Waals surface area (Å²) in [5.41, 5.74) is 1.58. The lowest BCUT2D eigenvalue weighted by Crippen LogP contribution is -2.50. The summed E-state index contributed by atoms with van der Waals surface area (Å²) in [6.07, 6.45) is 2.04. The largest absolute Gasteiger partial charge is 0.277 e. The average Bonchev–Trinajstić information content (AvgIpc) is 2.51. The van der Waals surface area contributed by atoms with Crippen LogP contribution in [0.15, 0.2) is 41.3 Å². The molecule has 2 nitrogen and oxygen atoms in total. The lowest BCUT2D eigenvalue weighted by Gasteiger charge is -2.42. The Bertz CT molecular complexity index is 501. The molecule has 0 bridgehead atoms. The number of hydrogen-bond donors (Lipinski definition) is 0. The second-order valence-electron chi connectivity index (χ2n) is 4.82. The zero-order valence-electron chi connectivity index (χ0n) is 12.0. The molecular weight excluding hydrogens is 284 g/mol. The summed E-state index contributed by atoms with van der Waals surface area (Å²) < 4.78 is 0. The van der Waals surface area contributed by atoms with E-state index in [9.17, 15) is 5.26 Å². The van der Waals surface area contributed by atoms with Crippen molar-refractivity contribution in [2.75, 3.05) is 30.9 Å². The highest BCUT2D eigenvalue weighted by Gasteiger charge is 2.41. The van der Waals surface area contributed by atoms with Gasteiger partial charge in [-0.1, -0.05) is 30.3 Å². The first-order valence-electron chi connectivity index (χ1n) is 6.75. The van der Waals surface area contributed by atoms with E-state index in [0.717, 1.165) is 35.7 Å². The number of nitriles is 1. The lowest BCUT2D eigenvalue weighted by molar-refractivity contribution is 0.185. The molecule has 2 rings (SSSR count). The van der Waals surface area contributed by atoms with Crippen LogP contribution in [-0.4, -0.2) is 35.8 Å². The SMILES string of the molecule is CSC=C(C)[C@](C#N)(c1ccccc1)N1CCSCC1. The third-order valence-electron chi connectivity index (χ3n) is 3.70. The summed E-state index contributed by atoms with van der Waals surface area (Å²) in [7, 11) is 0. The van der Waals surface area contributed by atoms with Crippen molar-refractivity contribution in [2.24, 2.45) is 0 Å². The topological polar surface area (TPSA) is 27.0 Å². The van der Waals surface area contributed by atoms with Crippen molar-refractivity contribution in [3.05, 3.63) is 46.9 Å². The molecule has 1 aliphatic heterocycles. The summed E-state index contributed by atoms with van der Waals surface area (Å²) in [5, 5.41) is 12.1. The van der Waals surface area contributed by atoms with E-state index in [1.165, 1.54) is 0 Å². The molecule has 1 aromatic carbocycles. The predicted molar refractivity (Wildman–Crippen MR) is 89.9 cm³/mol. The van der Waals surface area contributed by atoms with E-state index in [-0.39, 0.29) is 0 Å². The standard InChI is InChI=1S/C16H20N2S2/c1-14(12-19-2)16(13-17,15-6-4-3-5-7-15)18-8-10-20-11-9-18/h3-7,12H,8-11H2,1-2H3/t16-/m1/s1. The van der Waals surface area contributed by atoms with Crippen LogP contribution >= 0.6 is 23.5 Å². The van der Waals surface area contributed by atoms with Gasteiger partial charge in [0.1, 0.15) is 0 Å². The molecule has 0 aliphatic carbocycles. The molecule has 106 valence electrons. The molecule has 1 saturated heterocycles. The van der Waals surface area contributed by atoms with Crippen LogP contribution in [0.5, 0.6) is 0 Å². The molecule has 0 N–H and O–H groups in total. The van der Waals surface area contributed by atoms with Gasteiger partial charge in [-0.15, -0.1) is 11.8 Å². The molecule has 0 radical (unpaired) electrons. The zero-order valence-corrected chi connectivity index (χ0v) is 13.6. The van der Waals surface area contributed by atoms with Crippen LogP contribution in [0.1, 0.15) is 12.5 Å². The van der Waals surface area contributed by atoms with E-state index in [0.29, 0.717) is 0 Å². The lowest BCUT2D eigenvalue weighted by atomic mass is 9.83. The predicted octanol–water partition coefficient (Wildman–Crippen LogP) is 3.72. The van der Waals surface area contributed by atoms with Gasteiger partial charge in [-0.3, -0.25) is 4.90 Å². The van der Waals surface area contributed by atoms with E-state index < -0.39 is 5.54 Å². The molecule has 0 spiro atoms. The molecule has 1 atom stereocenters. The maximum Gasteiger partial charge on any atom is 0.156 e.